The number of aromatic nitrogens is 3. The maximum Gasteiger partial charge on any atom is 0.276 e. The number of nitrogens with zero attached hydrogens (tertiary/aromatic N) is 4. The van der Waals surface area contributed by atoms with Crippen LogP contribution in [0.15, 0.2) is 58.2 Å². The van der Waals surface area contributed by atoms with Gasteiger partial charge in [0.05, 0.1) is 6.04 Å². The fraction of sp³-hybridized carbons (Fsp3) is 0.300. The van der Waals surface area contributed by atoms with Gasteiger partial charge in [0, 0.05) is 30.7 Å². The second-order valence-electron chi connectivity index (χ2n) is 6.16. The first-order valence-corrected chi connectivity index (χ1v) is 9.58. The van der Waals surface area contributed by atoms with Crippen molar-refractivity contribution in [1.82, 2.24) is 25.8 Å². The maximum atomic E-state index is 6.08. The zero-order valence-corrected chi connectivity index (χ0v) is 19.4. The van der Waals surface area contributed by atoms with Crippen molar-refractivity contribution in [2.45, 2.75) is 26.3 Å². The number of halogens is 2. The van der Waals surface area contributed by atoms with Gasteiger partial charge in [-0.15, -0.1) is 24.0 Å². The van der Waals surface area contributed by atoms with Gasteiger partial charge in [-0.3, -0.25) is 9.98 Å². The van der Waals surface area contributed by atoms with E-state index in [4.69, 9.17) is 16.1 Å². The second kappa shape index (κ2) is 11.7. The molecule has 1 atom stereocenters. The smallest absolute Gasteiger partial charge is 0.276 e. The molecule has 1 unspecified atom stereocenters. The van der Waals surface area contributed by atoms with E-state index in [2.05, 4.69) is 37.7 Å². The zero-order chi connectivity index (χ0) is 19.8. The lowest BCUT2D eigenvalue weighted by Crippen LogP contribution is -2.38. The van der Waals surface area contributed by atoms with Crippen molar-refractivity contribution in [3.8, 4) is 11.6 Å². The van der Waals surface area contributed by atoms with Gasteiger partial charge in [0.2, 0.25) is 0 Å². The molecule has 0 aliphatic carbocycles. The number of rotatable bonds is 7. The highest BCUT2D eigenvalue weighted by Gasteiger charge is 2.10. The van der Waals surface area contributed by atoms with E-state index in [1.165, 1.54) is 0 Å². The first-order valence-electron chi connectivity index (χ1n) is 9.20. The molecule has 0 aliphatic heterocycles. The van der Waals surface area contributed by atoms with Crippen LogP contribution in [0.1, 0.15) is 31.3 Å². The summed E-state index contributed by atoms with van der Waals surface area (Å²) in [4.78, 5) is 13.2. The molecular formula is C20H24ClIN6O. The number of aliphatic imine (C=N–C) groups is 1. The second-order valence-corrected chi connectivity index (χ2v) is 6.60. The summed E-state index contributed by atoms with van der Waals surface area (Å²) in [6, 6.07) is 13.4. The van der Waals surface area contributed by atoms with E-state index >= 15 is 0 Å². The Morgan fingerprint density at radius 3 is 2.83 bits per heavy atom. The summed E-state index contributed by atoms with van der Waals surface area (Å²) < 4.78 is 5.27. The van der Waals surface area contributed by atoms with Crippen LogP contribution in [0.3, 0.4) is 0 Å². The van der Waals surface area contributed by atoms with Crippen LogP contribution in [0.4, 0.5) is 0 Å². The largest absolute Gasteiger partial charge is 0.357 e. The van der Waals surface area contributed by atoms with Crippen molar-refractivity contribution in [3.63, 3.8) is 0 Å². The summed E-state index contributed by atoms with van der Waals surface area (Å²) in [6.07, 6.45) is 2.26. The van der Waals surface area contributed by atoms with Crippen LogP contribution >= 0.6 is 35.6 Å². The standard InChI is InChI=1S/C20H23ClN6O.HI/c1-3-22-20(25-14(2)15-7-6-8-16(21)13-15)24-12-10-18-26-19(28-27-18)17-9-4-5-11-23-17;/h4-9,11,13-14H,3,10,12H2,1-2H3,(H2,22,24,25);1H. The molecule has 7 nitrogen and oxygen atoms in total. The van der Waals surface area contributed by atoms with E-state index in [-0.39, 0.29) is 30.0 Å². The number of guanidine groups is 1. The van der Waals surface area contributed by atoms with E-state index in [9.17, 15) is 0 Å². The van der Waals surface area contributed by atoms with Crippen molar-refractivity contribution in [1.29, 1.82) is 0 Å². The number of benzene rings is 1. The number of pyridine rings is 1. The summed E-state index contributed by atoms with van der Waals surface area (Å²) in [6.45, 7) is 5.38. The fourth-order valence-corrected chi connectivity index (χ4v) is 2.80. The number of hydrogen-bond donors (Lipinski definition) is 2. The summed E-state index contributed by atoms with van der Waals surface area (Å²) in [5.41, 5.74) is 1.76. The Balaban J connectivity index is 0.00000300. The molecular weight excluding hydrogens is 503 g/mol. The summed E-state index contributed by atoms with van der Waals surface area (Å²) in [5, 5.41) is 11.4. The van der Waals surface area contributed by atoms with E-state index in [0.717, 1.165) is 18.1 Å². The van der Waals surface area contributed by atoms with Gasteiger partial charge in [0.15, 0.2) is 11.8 Å². The molecule has 1 aromatic carbocycles. The Hall–Kier alpha value is -2.20. The highest BCUT2D eigenvalue weighted by molar-refractivity contribution is 14.0. The molecule has 2 aromatic heterocycles. The van der Waals surface area contributed by atoms with E-state index < -0.39 is 0 Å². The third-order valence-electron chi connectivity index (χ3n) is 4.00. The van der Waals surface area contributed by atoms with Crippen molar-refractivity contribution in [3.05, 3.63) is 65.1 Å². The first-order chi connectivity index (χ1) is 13.7. The van der Waals surface area contributed by atoms with Crippen LogP contribution in [0, 0.1) is 0 Å². The monoisotopic (exact) mass is 526 g/mol. The average molecular weight is 527 g/mol. The third-order valence-corrected chi connectivity index (χ3v) is 4.24. The van der Waals surface area contributed by atoms with Crippen LogP contribution in [0.5, 0.6) is 0 Å². The molecule has 2 heterocycles. The Morgan fingerprint density at radius 1 is 1.24 bits per heavy atom. The highest BCUT2D eigenvalue weighted by atomic mass is 127. The van der Waals surface area contributed by atoms with Crippen molar-refractivity contribution >= 4 is 41.5 Å². The molecule has 0 spiro atoms. The SMILES string of the molecule is CCNC(=NCCc1noc(-c2ccccn2)n1)NC(C)c1cccc(Cl)c1.I. The normalized spacial score (nSPS) is 12.2. The lowest BCUT2D eigenvalue weighted by molar-refractivity contribution is 0.421. The molecule has 0 saturated heterocycles. The molecule has 3 rings (SSSR count). The summed E-state index contributed by atoms with van der Waals surface area (Å²) in [7, 11) is 0. The molecule has 0 aliphatic rings. The zero-order valence-electron chi connectivity index (χ0n) is 16.3. The molecule has 9 heteroatoms. The Bertz CT molecular complexity index is 918. The number of nitrogens with one attached hydrogen (secondary N) is 2. The molecule has 29 heavy (non-hydrogen) atoms. The van der Waals surface area contributed by atoms with Crippen molar-refractivity contribution in [2.75, 3.05) is 13.1 Å². The molecule has 0 amide bonds. The average Bonchev–Trinajstić information content (AvgIpc) is 3.18. The van der Waals surface area contributed by atoms with Crippen LogP contribution in [0.2, 0.25) is 5.02 Å². The van der Waals surface area contributed by atoms with Gasteiger partial charge in [0.1, 0.15) is 5.69 Å². The van der Waals surface area contributed by atoms with Gasteiger partial charge < -0.3 is 15.2 Å². The van der Waals surface area contributed by atoms with Crippen LogP contribution in [-0.2, 0) is 6.42 Å². The predicted molar refractivity (Wildman–Crippen MR) is 126 cm³/mol. The third kappa shape index (κ3) is 6.97. The van der Waals surface area contributed by atoms with Gasteiger partial charge in [-0.2, -0.15) is 4.98 Å². The minimum atomic E-state index is 0. The van der Waals surface area contributed by atoms with Crippen molar-refractivity contribution in [2.24, 2.45) is 4.99 Å². The van der Waals surface area contributed by atoms with Gasteiger partial charge in [-0.05, 0) is 43.7 Å². The molecule has 0 bridgehead atoms. The van der Waals surface area contributed by atoms with E-state index in [1.54, 1.807) is 6.20 Å². The fourth-order valence-electron chi connectivity index (χ4n) is 2.60. The van der Waals surface area contributed by atoms with Crippen molar-refractivity contribution < 1.29 is 4.52 Å². The van der Waals surface area contributed by atoms with Crippen LogP contribution in [0.25, 0.3) is 11.6 Å². The minimum absolute atomic E-state index is 0. The quantitative estimate of drug-likeness (QED) is 0.272. The molecule has 0 saturated carbocycles. The van der Waals surface area contributed by atoms with Crippen LogP contribution < -0.4 is 10.6 Å². The number of hydrogen-bond acceptors (Lipinski definition) is 5. The first kappa shape index (κ1) is 23.1. The topological polar surface area (TPSA) is 88.2 Å². The van der Waals surface area contributed by atoms with Gasteiger partial charge in [-0.25, -0.2) is 0 Å². The van der Waals surface area contributed by atoms with Gasteiger partial charge in [0.25, 0.3) is 5.89 Å². The van der Waals surface area contributed by atoms with E-state index in [1.807, 2.05) is 49.4 Å². The Kier molecular flexibility index (Phi) is 9.33. The molecule has 0 radical (unpaired) electrons. The highest BCUT2D eigenvalue weighted by Crippen LogP contribution is 2.17. The molecule has 2 N–H and O–H groups in total. The molecule has 0 fully saturated rings. The molecule has 154 valence electrons. The Morgan fingerprint density at radius 2 is 2.10 bits per heavy atom. The summed E-state index contributed by atoms with van der Waals surface area (Å²) in [5.74, 6) is 1.74. The lowest BCUT2D eigenvalue weighted by atomic mass is 10.1. The van der Waals surface area contributed by atoms with Crippen LogP contribution in [-0.4, -0.2) is 34.2 Å². The van der Waals surface area contributed by atoms with Gasteiger partial charge in [-0.1, -0.05) is 35.0 Å². The van der Waals surface area contributed by atoms with Gasteiger partial charge >= 0.3 is 0 Å². The van der Waals surface area contributed by atoms with E-state index in [0.29, 0.717) is 35.4 Å². The summed E-state index contributed by atoms with van der Waals surface area (Å²) >= 11 is 6.08. The lowest BCUT2D eigenvalue weighted by Gasteiger charge is -2.18. The minimum Gasteiger partial charge on any atom is -0.357 e. The molecule has 3 aromatic rings. The predicted octanol–water partition coefficient (Wildman–Crippen LogP) is 4.26. The maximum absolute atomic E-state index is 6.08. The Labute approximate surface area is 192 Å².